The largest absolute Gasteiger partial charge is 0.295 e. The van der Waals surface area contributed by atoms with Gasteiger partial charge in [-0.05, 0) is 6.07 Å². The van der Waals surface area contributed by atoms with Gasteiger partial charge in [-0.15, -0.1) is 0 Å². The molecular formula is C8H5IN4S. The molecule has 0 aromatic carbocycles. The molecule has 0 atom stereocenters. The summed E-state index contributed by atoms with van der Waals surface area (Å²) in [5, 5.41) is 0. The van der Waals surface area contributed by atoms with Crippen LogP contribution >= 0.6 is 30.3 Å². The lowest BCUT2D eigenvalue weighted by Crippen LogP contribution is -1.89. The number of halogens is 1. The second-order valence-corrected chi connectivity index (χ2v) is 4.55. The molecule has 0 aliphatic rings. The van der Waals surface area contributed by atoms with Crippen LogP contribution in [0.2, 0.25) is 0 Å². The second kappa shape index (κ2) is 3.13. The van der Waals surface area contributed by atoms with Crippen LogP contribution in [0.25, 0.3) is 16.8 Å². The molecule has 3 heterocycles. The van der Waals surface area contributed by atoms with E-state index in [1.807, 2.05) is 26.8 Å². The zero-order chi connectivity index (χ0) is 9.54. The third kappa shape index (κ3) is 1.07. The zero-order valence-corrected chi connectivity index (χ0v) is 9.94. The molecule has 0 saturated heterocycles. The normalized spacial score (nSPS) is 11.5. The lowest BCUT2D eigenvalue weighted by molar-refractivity contribution is 1.19. The summed E-state index contributed by atoms with van der Waals surface area (Å²) in [4.78, 5) is 8.55. The Labute approximate surface area is 96.1 Å². The molecule has 0 unspecified atom stereocenters. The maximum absolute atomic E-state index is 4.37. The number of fused-ring (bicyclic) bond motifs is 3. The molecule has 0 fully saturated rings. The van der Waals surface area contributed by atoms with E-state index in [1.54, 1.807) is 21.5 Å². The van der Waals surface area contributed by atoms with Crippen LogP contribution in [0.1, 0.15) is 0 Å². The fraction of sp³-hybridized carbons (Fsp3) is 0. The summed E-state index contributed by atoms with van der Waals surface area (Å²) in [5.41, 5.74) is 2.94. The van der Waals surface area contributed by atoms with Crippen molar-refractivity contribution in [3.05, 3.63) is 30.9 Å². The lowest BCUT2D eigenvalue weighted by Gasteiger charge is -1.98. The summed E-state index contributed by atoms with van der Waals surface area (Å²) in [6.45, 7) is 0. The molecule has 0 amide bonds. The van der Waals surface area contributed by atoms with E-state index in [1.165, 1.54) is 0 Å². The molecule has 4 nitrogen and oxygen atoms in total. The van der Waals surface area contributed by atoms with Crippen molar-refractivity contribution in [2.75, 3.05) is 0 Å². The van der Waals surface area contributed by atoms with E-state index in [-0.39, 0.29) is 0 Å². The fourth-order valence-electron chi connectivity index (χ4n) is 1.50. The Kier molecular flexibility index (Phi) is 1.91. The van der Waals surface area contributed by atoms with E-state index >= 15 is 0 Å². The van der Waals surface area contributed by atoms with Crippen LogP contribution in [-0.4, -0.2) is 18.3 Å². The monoisotopic (exact) mass is 316 g/mol. The highest BCUT2D eigenvalue weighted by Crippen LogP contribution is 2.23. The summed E-state index contributed by atoms with van der Waals surface area (Å²) < 4.78 is 4.06. The fourth-order valence-corrected chi connectivity index (χ4v) is 2.76. The molecule has 0 saturated carbocycles. The van der Waals surface area contributed by atoms with E-state index in [0.717, 1.165) is 16.8 Å². The minimum atomic E-state index is 0.883. The van der Waals surface area contributed by atoms with Crippen molar-refractivity contribution in [1.29, 1.82) is 0 Å². The number of hydrogen-bond donors (Lipinski definition) is 0. The van der Waals surface area contributed by atoms with Gasteiger partial charge in [0.25, 0.3) is 0 Å². The standard InChI is InChI=1S/C8H5IN4S/c9-14-13-3-1-6-8(13)11-5-7-10-2-4-12(6)7/h1-5H. The van der Waals surface area contributed by atoms with Crippen molar-refractivity contribution in [2.24, 2.45) is 0 Å². The Morgan fingerprint density at radius 1 is 1.29 bits per heavy atom. The zero-order valence-electron chi connectivity index (χ0n) is 6.96. The molecular weight excluding hydrogens is 311 g/mol. The van der Waals surface area contributed by atoms with E-state index in [0.29, 0.717) is 0 Å². The Morgan fingerprint density at radius 3 is 3.07 bits per heavy atom. The molecule has 70 valence electrons. The first-order chi connectivity index (χ1) is 6.90. The third-order valence-corrected chi connectivity index (χ3v) is 3.83. The van der Waals surface area contributed by atoms with Crippen molar-refractivity contribution >= 4 is 47.1 Å². The van der Waals surface area contributed by atoms with Crippen molar-refractivity contribution in [1.82, 2.24) is 18.3 Å². The molecule has 3 aromatic heterocycles. The summed E-state index contributed by atoms with van der Waals surface area (Å²) in [6.07, 6.45) is 7.52. The topological polar surface area (TPSA) is 35.1 Å². The van der Waals surface area contributed by atoms with E-state index in [2.05, 4.69) is 31.2 Å². The third-order valence-electron chi connectivity index (χ3n) is 2.11. The van der Waals surface area contributed by atoms with Gasteiger partial charge in [-0.3, -0.25) is 8.37 Å². The predicted octanol–water partition coefficient (Wildman–Crippen LogP) is 2.53. The predicted molar refractivity (Wildman–Crippen MR) is 65.5 cm³/mol. The average molecular weight is 316 g/mol. The summed E-state index contributed by atoms with van der Waals surface area (Å²) >= 11 is 2.24. The van der Waals surface area contributed by atoms with Crippen molar-refractivity contribution in [3.8, 4) is 0 Å². The maximum Gasteiger partial charge on any atom is 0.167 e. The molecule has 0 bridgehead atoms. The molecule has 14 heavy (non-hydrogen) atoms. The Balaban J connectivity index is 2.52. The Hall–Kier alpha value is -0.760. The molecule has 0 aliphatic carbocycles. The van der Waals surface area contributed by atoms with Crippen LogP contribution in [0.4, 0.5) is 0 Å². The smallest absolute Gasteiger partial charge is 0.167 e. The molecule has 6 heteroatoms. The van der Waals surface area contributed by atoms with Crippen molar-refractivity contribution < 1.29 is 0 Å². The van der Waals surface area contributed by atoms with E-state index in [9.17, 15) is 0 Å². The Bertz CT molecular complexity index is 599. The van der Waals surface area contributed by atoms with Gasteiger partial charge >= 0.3 is 0 Å². The van der Waals surface area contributed by atoms with Crippen molar-refractivity contribution in [3.63, 3.8) is 0 Å². The van der Waals surface area contributed by atoms with Crippen LogP contribution in [0, 0.1) is 0 Å². The van der Waals surface area contributed by atoms with Gasteiger partial charge in [0.05, 0.1) is 11.7 Å². The number of rotatable bonds is 1. The highest BCUT2D eigenvalue weighted by Gasteiger charge is 2.05. The highest BCUT2D eigenvalue weighted by molar-refractivity contribution is 14.2. The summed E-state index contributed by atoms with van der Waals surface area (Å²) in [5.74, 6) is 0. The molecule has 0 radical (unpaired) electrons. The van der Waals surface area contributed by atoms with E-state index in [4.69, 9.17) is 0 Å². The second-order valence-electron chi connectivity index (χ2n) is 2.83. The van der Waals surface area contributed by atoms with Gasteiger partial charge < -0.3 is 0 Å². The van der Waals surface area contributed by atoms with Gasteiger partial charge in [0.1, 0.15) is 0 Å². The number of hydrogen-bond acceptors (Lipinski definition) is 3. The average Bonchev–Trinajstić information content (AvgIpc) is 2.82. The van der Waals surface area contributed by atoms with Gasteiger partial charge in [0, 0.05) is 48.9 Å². The van der Waals surface area contributed by atoms with Crippen LogP contribution in [-0.2, 0) is 0 Å². The Morgan fingerprint density at radius 2 is 2.21 bits per heavy atom. The van der Waals surface area contributed by atoms with Crippen LogP contribution < -0.4 is 0 Å². The molecule has 0 N–H and O–H groups in total. The van der Waals surface area contributed by atoms with Crippen molar-refractivity contribution in [2.45, 2.75) is 0 Å². The van der Waals surface area contributed by atoms with Gasteiger partial charge in [-0.2, -0.15) is 0 Å². The highest BCUT2D eigenvalue weighted by atomic mass is 127. The minimum absolute atomic E-state index is 0.883. The van der Waals surface area contributed by atoms with E-state index < -0.39 is 0 Å². The van der Waals surface area contributed by atoms with Gasteiger partial charge in [0.2, 0.25) is 0 Å². The minimum Gasteiger partial charge on any atom is -0.295 e. The number of imidazole rings is 1. The SMILES string of the molecule is ISn1ccc2c1ncc1nccn12. The lowest BCUT2D eigenvalue weighted by atomic mass is 10.5. The van der Waals surface area contributed by atoms with Crippen LogP contribution in [0.5, 0.6) is 0 Å². The first-order valence-electron chi connectivity index (χ1n) is 3.98. The number of nitrogens with zero attached hydrogens (tertiary/aromatic N) is 4. The van der Waals surface area contributed by atoms with Crippen LogP contribution in [0.3, 0.4) is 0 Å². The maximum atomic E-state index is 4.37. The van der Waals surface area contributed by atoms with Gasteiger partial charge in [0.15, 0.2) is 11.3 Å². The van der Waals surface area contributed by atoms with Crippen LogP contribution in [0.15, 0.2) is 30.9 Å². The first kappa shape index (κ1) is 8.54. The molecule has 3 rings (SSSR count). The molecule has 0 spiro atoms. The quantitative estimate of drug-likeness (QED) is 0.647. The number of aromatic nitrogens is 4. The summed E-state index contributed by atoms with van der Waals surface area (Å²) in [6, 6.07) is 2.04. The summed E-state index contributed by atoms with van der Waals surface area (Å²) in [7, 11) is 1.61. The molecule has 0 aliphatic heterocycles. The van der Waals surface area contributed by atoms with Gasteiger partial charge in [-0.25, -0.2) is 9.97 Å². The first-order valence-corrected chi connectivity index (χ1v) is 7.30. The molecule has 3 aromatic rings. The van der Waals surface area contributed by atoms with Gasteiger partial charge in [-0.1, -0.05) is 0 Å².